The molecule has 2 N–H and O–H groups in total. The van der Waals surface area contributed by atoms with Crippen LogP contribution < -0.4 is 10.6 Å². The number of rotatable bonds is 7. The minimum absolute atomic E-state index is 0.00716. The Morgan fingerprint density at radius 1 is 1.19 bits per heavy atom. The smallest absolute Gasteiger partial charge is 0.237 e. The van der Waals surface area contributed by atoms with Crippen molar-refractivity contribution in [2.24, 2.45) is 0 Å². The highest BCUT2D eigenvalue weighted by Gasteiger charge is 2.22. The molecule has 21 heavy (non-hydrogen) atoms. The lowest BCUT2D eigenvalue weighted by Crippen LogP contribution is -2.51. The fourth-order valence-corrected chi connectivity index (χ4v) is 2.32. The van der Waals surface area contributed by atoms with E-state index in [4.69, 9.17) is 0 Å². The third-order valence-corrected chi connectivity index (χ3v) is 4.24. The molecule has 1 aliphatic rings. The Bertz CT molecular complexity index is 349. The van der Waals surface area contributed by atoms with Gasteiger partial charge in [0.2, 0.25) is 11.8 Å². The van der Waals surface area contributed by atoms with Gasteiger partial charge < -0.3 is 15.5 Å². The predicted octanol–water partition coefficient (Wildman–Crippen LogP) is 1.67. The van der Waals surface area contributed by atoms with Gasteiger partial charge in [-0.05, 0) is 46.5 Å². The average Bonchev–Trinajstić information content (AvgIpc) is 2.47. The Kier molecular flexibility index (Phi) is 7.15. The maximum atomic E-state index is 12.0. The summed E-state index contributed by atoms with van der Waals surface area (Å²) >= 11 is 0. The third kappa shape index (κ3) is 6.46. The second kappa shape index (κ2) is 8.37. The second-order valence-electron chi connectivity index (χ2n) is 6.59. The molecule has 1 rings (SSSR count). The highest BCUT2D eigenvalue weighted by atomic mass is 16.2. The van der Waals surface area contributed by atoms with Crippen molar-refractivity contribution in [3.8, 4) is 0 Å². The first kappa shape index (κ1) is 18.0. The molecule has 0 saturated carbocycles. The first-order valence-corrected chi connectivity index (χ1v) is 8.19. The molecule has 1 fully saturated rings. The largest absolute Gasteiger partial charge is 0.350 e. The fourth-order valence-electron chi connectivity index (χ4n) is 2.32. The quantitative estimate of drug-likeness (QED) is 0.751. The number of carbonyl (C=O) groups excluding carboxylic acids is 2. The van der Waals surface area contributed by atoms with E-state index in [0.29, 0.717) is 13.0 Å². The minimum atomic E-state index is -0.273. The summed E-state index contributed by atoms with van der Waals surface area (Å²) < 4.78 is 0. The first-order chi connectivity index (χ1) is 9.85. The van der Waals surface area contributed by atoms with Gasteiger partial charge in [0.1, 0.15) is 0 Å². The van der Waals surface area contributed by atoms with Crippen LogP contribution in [0.1, 0.15) is 59.8 Å². The van der Waals surface area contributed by atoms with Crippen molar-refractivity contribution in [2.45, 2.75) is 71.4 Å². The van der Waals surface area contributed by atoms with E-state index in [2.05, 4.69) is 17.6 Å². The molecule has 2 amide bonds. The zero-order valence-corrected chi connectivity index (χ0v) is 14.0. The van der Waals surface area contributed by atoms with Crippen LogP contribution in [0.5, 0.6) is 0 Å². The van der Waals surface area contributed by atoms with Crippen molar-refractivity contribution in [2.75, 3.05) is 19.6 Å². The molecule has 1 heterocycles. The Hall–Kier alpha value is -1.10. The van der Waals surface area contributed by atoms with Crippen molar-refractivity contribution in [3.63, 3.8) is 0 Å². The summed E-state index contributed by atoms with van der Waals surface area (Å²) in [7, 11) is 0. The molecule has 1 saturated heterocycles. The van der Waals surface area contributed by atoms with Crippen LogP contribution in [0.25, 0.3) is 0 Å². The van der Waals surface area contributed by atoms with Gasteiger partial charge in [-0.3, -0.25) is 9.59 Å². The summed E-state index contributed by atoms with van der Waals surface area (Å²) in [5, 5.41) is 6.15. The molecule has 1 aliphatic heterocycles. The molecule has 122 valence electrons. The zero-order valence-electron chi connectivity index (χ0n) is 14.0. The van der Waals surface area contributed by atoms with Crippen LogP contribution in [0, 0.1) is 0 Å². The highest BCUT2D eigenvalue weighted by Crippen LogP contribution is 2.10. The highest BCUT2D eigenvalue weighted by molar-refractivity contribution is 5.82. The fraction of sp³-hybridized carbons (Fsp3) is 0.875. The van der Waals surface area contributed by atoms with Gasteiger partial charge in [-0.25, -0.2) is 0 Å². The summed E-state index contributed by atoms with van der Waals surface area (Å²) in [5.41, 5.74) is -0.184. The predicted molar refractivity (Wildman–Crippen MR) is 85.0 cm³/mol. The van der Waals surface area contributed by atoms with E-state index in [1.54, 1.807) is 0 Å². The van der Waals surface area contributed by atoms with Gasteiger partial charge in [0, 0.05) is 31.6 Å². The molecule has 1 atom stereocenters. The zero-order chi connectivity index (χ0) is 15.9. The van der Waals surface area contributed by atoms with E-state index in [1.165, 1.54) is 6.42 Å². The molecule has 0 radical (unpaired) electrons. The summed E-state index contributed by atoms with van der Waals surface area (Å²) in [6, 6.07) is -0.273. The molecule has 5 nitrogen and oxygen atoms in total. The molecule has 1 unspecified atom stereocenters. The molecule has 0 aromatic rings. The minimum Gasteiger partial charge on any atom is -0.350 e. The van der Waals surface area contributed by atoms with E-state index in [-0.39, 0.29) is 23.4 Å². The van der Waals surface area contributed by atoms with E-state index in [0.717, 1.165) is 32.4 Å². The number of nitrogens with one attached hydrogen (secondary N) is 2. The summed E-state index contributed by atoms with van der Waals surface area (Å²) in [4.78, 5) is 26.0. The van der Waals surface area contributed by atoms with Crippen LogP contribution in [0.3, 0.4) is 0 Å². The van der Waals surface area contributed by atoms with Gasteiger partial charge in [0.25, 0.3) is 0 Å². The van der Waals surface area contributed by atoms with Crippen molar-refractivity contribution in [1.29, 1.82) is 0 Å². The van der Waals surface area contributed by atoms with Gasteiger partial charge in [0.15, 0.2) is 0 Å². The summed E-state index contributed by atoms with van der Waals surface area (Å²) in [6.45, 7) is 10.2. The molecule has 5 heteroatoms. The van der Waals surface area contributed by atoms with Gasteiger partial charge in [0.05, 0.1) is 6.04 Å². The Morgan fingerprint density at radius 3 is 2.38 bits per heavy atom. The monoisotopic (exact) mass is 297 g/mol. The van der Waals surface area contributed by atoms with Crippen molar-refractivity contribution in [3.05, 3.63) is 0 Å². The van der Waals surface area contributed by atoms with Gasteiger partial charge >= 0.3 is 0 Å². The first-order valence-electron chi connectivity index (χ1n) is 8.19. The van der Waals surface area contributed by atoms with E-state index < -0.39 is 0 Å². The van der Waals surface area contributed by atoms with Crippen molar-refractivity contribution >= 4 is 11.8 Å². The van der Waals surface area contributed by atoms with Crippen LogP contribution in [0.15, 0.2) is 0 Å². The number of piperidine rings is 1. The molecular weight excluding hydrogens is 266 g/mol. The topological polar surface area (TPSA) is 61.4 Å². The molecule has 0 aliphatic carbocycles. The molecule has 0 aromatic carbocycles. The maximum absolute atomic E-state index is 12.0. The Labute approximate surface area is 128 Å². The number of carbonyl (C=O) groups is 2. The second-order valence-corrected chi connectivity index (χ2v) is 6.59. The number of hydrogen-bond donors (Lipinski definition) is 2. The number of nitrogens with zero attached hydrogens (tertiary/aromatic N) is 1. The lowest BCUT2D eigenvalue weighted by molar-refractivity contribution is -0.132. The average molecular weight is 297 g/mol. The maximum Gasteiger partial charge on any atom is 0.237 e. The summed E-state index contributed by atoms with van der Waals surface area (Å²) in [6.07, 6.45) is 4.81. The van der Waals surface area contributed by atoms with Crippen LogP contribution in [-0.4, -0.2) is 47.9 Å². The van der Waals surface area contributed by atoms with Crippen LogP contribution in [0.2, 0.25) is 0 Å². The normalized spacial score (nSPS) is 17.4. The number of likely N-dealkylation sites (tertiary alicyclic amines) is 1. The van der Waals surface area contributed by atoms with Gasteiger partial charge in [-0.1, -0.05) is 6.92 Å². The van der Waals surface area contributed by atoms with Crippen LogP contribution in [-0.2, 0) is 9.59 Å². The van der Waals surface area contributed by atoms with Crippen LogP contribution >= 0.6 is 0 Å². The lowest BCUT2D eigenvalue weighted by Gasteiger charge is -2.28. The third-order valence-electron chi connectivity index (χ3n) is 4.24. The van der Waals surface area contributed by atoms with Crippen LogP contribution in [0.4, 0.5) is 0 Å². The molecule has 0 bridgehead atoms. The van der Waals surface area contributed by atoms with Crippen molar-refractivity contribution in [1.82, 2.24) is 15.5 Å². The Morgan fingerprint density at radius 2 is 1.81 bits per heavy atom. The molecule has 0 spiro atoms. The number of amides is 2. The SMILES string of the molecule is CCC(C)(C)NC(=O)C(C)NCCC(=O)N1CCCCC1. The van der Waals surface area contributed by atoms with E-state index >= 15 is 0 Å². The number of hydrogen-bond acceptors (Lipinski definition) is 3. The van der Waals surface area contributed by atoms with Gasteiger partial charge in [-0.15, -0.1) is 0 Å². The van der Waals surface area contributed by atoms with E-state index in [9.17, 15) is 9.59 Å². The van der Waals surface area contributed by atoms with E-state index in [1.807, 2.05) is 25.7 Å². The molecular formula is C16H31N3O2. The Balaban J connectivity index is 2.24. The van der Waals surface area contributed by atoms with Gasteiger partial charge in [-0.2, -0.15) is 0 Å². The summed E-state index contributed by atoms with van der Waals surface area (Å²) in [5.74, 6) is 0.191. The molecule has 0 aromatic heterocycles. The van der Waals surface area contributed by atoms with Crippen molar-refractivity contribution < 1.29 is 9.59 Å². The lowest BCUT2D eigenvalue weighted by atomic mass is 10.0. The standard InChI is InChI=1S/C16H31N3O2/c1-5-16(3,4)18-15(21)13(2)17-10-9-14(20)19-11-7-6-8-12-19/h13,17H,5-12H2,1-4H3,(H,18,21).